The molecular weight excluding hydrogens is 246 g/mol. The molecule has 0 atom stereocenters. The van der Waals surface area contributed by atoms with Gasteiger partial charge in [-0.1, -0.05) is 12.6 Å². The molecule has 6 nitrogen and oxygen atoms in total. The lowest BCUT2D eigenvalue weighted by atomic mass is 10.2. The Morgan fingerprint density at radius 2 is 2.16 bits per heavy atom. The first-order valence-electron chi connectivity index (χ1n) is 5.36. The van der Waals surface area contributed by atoms with Gasteiger partial charge in [0.05, 0.1) is 17.9 Å². The Morgan fingerprint density at radius 1 is 1.37 bits per heavy atom. The Balaban J connectivity index is 2.95. The van der Waals surface area contributed by atoms with E-state index in [9.17, 15) is 14.4 Å². The van der Waals surface area contributed by atoms with E-state index < -0.39 is 11.8 Å². The molecule has 6 heteroatoms. The van der Waals surface area contributed by atoms with Gasteiger partial charge in [-0.25, -0.2) is 0 Å². The van der Waals surface area contributed by atoms with Crippen LogP contribution in [0.3, 0.4) is 0 Å². The van der Waals surface area contributed by atoms with E-state index >= 15 is 0 Å². The van der Waals surface area contributed by atoms with Gasteiger partial charge in [0.2, 0.25) is 18.1 Å². The first-order chi connectivity index (χ1) is 9.17. The van der Waals surface area contributed by atoms with Crippen molar-refractivity contribution in [3.05, 3.63) is 48.8 Å². The number of nitrogens with one attached hydrogen (secondary N) is 2. The molecule has 97 valence electrons. The average molecular weight is 258 g/mol. The van der Waals surface area contributed by atoms with E-state index in [4.69, 9.17) is 0 Å². The minimum atomic E-state index is -0.534. The lowest BCUT2D eigenvalue weighted by Crippen LogP contribution is -2.26. The van der Waals surface area contributed by atoms with Crippen LogP contribution in [0.25, 0.3) is 5.70 Å². The van der Waals surface area contributed by atoms with Gasteiger partial charge in [-0.15, -0.1) is 0 Å². The van der Waals surface area contributed by atoms with Gasteiger partial charge < -0.3 is 10.6 Å². The van der Waals surface area contributed by atoms with Crippen LogP contribution < -0.4 is 10.6 Å². The molecule has 0 aliphatic carbocycles. The second kappa shape index (κ2) is 7.54. The zero-order chi connectivity index (χ0) is 14.1. The monoisotopic (exact) mass is 258 g/mol. The van der Waals surface area contributed by atoms with Crippen LogP contribution in [0.15, 0.2) is 43.1 Å². The maximum absolute atomic E-state index is 11.5. The third-order valence-corrected chi connectivity index (χ3v) is 1.99. The van der Waals surface area contributed by atoms with Crippen molar-refractivity contribution in [1.29, 1.82) is 0 Å². The Hall–Kier alpha value is -2.76. The molecule has 0 fully saturated rings. The fraction of sp³-hybridized carbons (Fsp3) is 0.0769. The molecule has 2 N–H and O–H groups in total. The Labute approximate surface area is 110 Å². The van der Waals surface area contributed by atoms with Crippen molar-refractivity contribution >= 4 is 23.8 Å². The predicted molar refractivity (Wildman–Crippen MR) is 69.3 cm³/mol. The van der Waals surface area contributed by atoms with Gasteiger partial charge in [-0.05, 0) is 18.2 Å². The standard InChI is InChI=1S/C13H12N3O3/c1-2-12(18)16-11(9-13(19)15-7-8-17)10-5-3-4-6-14-10/h2-6,9H,1,7H2,(H,15,19)(H,16,18). The zero-order valence-corrected chi connectivity index (χ0v) is 10.1. The number of carbonyl (C=O) groups is 2. The summed E-state index contributed by atoms with van der Waals surface area (Å²) in [6.45, 7) is 3.10. The van der Waals surface area contributed by atoms with Crippen molar-refractivity contribution < 1.29 is 14.4 Å². The van der Waals surface area contributed by atoms with E-state index in [2.05, 4.69) is 22.2 Å². The normalized spacial score (nSPS) is 10.4. The van der Waals surface area contributed by atoms with Crippen molar-refractivity contribution in [3.63, 3.8) is 0 Å². The third kappa shape index (κ3) is 4.95. The SMILES string of the molecule is C=CC(=O)NC(=CC(=O)NC[C]=O)c1ccccn1. The molecule has 1 aromatic rings. The maximum Gasteiger partial charge on any atom is 0.247 e. The van der Waals surface area contributed by atoms with E-state index in [1.807, 2.05) is 0 Å². The first-order valence-corrected chi connectivity index (χ1v) is 5.36. The van der Waals surface area contributed by atoms with Crippen LogP contribution in [0.5, 0.6) is 0 Å². The van der Waals surface area contributed by atoms with Crippen molar-refractivity contribution in [2.45, 2.75) is 0 Å². The number of nitrogens with zero attached hydrogens (tertiary/aromatic N) is 1. The molecule has 1 radical (unpaired) electrons. The van der Waals surface area contributed by atoms with Gasteiger partial charge in [0.15, 0.2) is 0 Å². The molecular formula is C13H12N3O3. The quantitative estimate of drug-likeness (QED) is 0.700. The summed E-state index contributed by atoms with van der Waals surface area (Å²) in [7, 11) is 0. The number of carbonyl (C=O) groups excluding carboxylic acids is 3. The minimum Gasteiger partial charge on any atom is -0.345 e. The van der Waals surface area contributed by atoms with Crippen LogP contribution in [0, 0.1) is 0 Å². The topological polar surface area (TPSA) is 88.2 Å². The highest BCUT2D eigenvalue weighted by Gasteiger charge is 2.08. The summed E-state index contributed by atoms with van der Waals surface area (Å²) in [6.07, 6.45) is 5.28. The summed E-state index contributed by atoms with van der Waals surface area (Å²) in [4.78, 5) is 36.8. The Bertz CT molecular complexity index is 509. The van der Waals surface area contributed by atoms with E-state index in [-0.39, 0.29) is 12.2 Å². The fourth-order valence-corrected chi connectivity index (χ4v) is 1.19. The third-order valence-electron chi connectivity index (χ3n) is 1.99. The lowest BCUT2D eigenvalue weighted by molar-refractivity contribution is -0.116. The Morgan fingerprint density at radius 3 is 2.74 bits per heavy atom. The van der Waals surface area contributed by atoms with Crippen LogP contribution in [0.1, 0.15) is 5.69 Å². The van der Waals surface area contributed by atoms with Crippen molar-refractivity contribution in [2.75, 3.05) is 6.54 Å². The molecule has 1 rings (SSSR count). The van der Waals surface area contributed by atoms with E-state index in [0.29, 0.717) is 5.69 Å². The van der Waals surface area contributed by atoms with Crippen LogP contribution in [0.4, 0.5) is 0 Å². The Kier molecular flexibility index (Phi) is 5.68. The van der Waals surface area contributed by atoms with Gasteiger partial charge in [0.25, 0.3) is 0 Å². The van der Waals surface area contributed by atoms with Crippen LogP contribution in [0.2, 0.25) is 0 Å². The van der Waals surface area contributed by atoms with Gasteiger partial charge in [-0.2, -0.15) is 0 Å². The number of aromatic nitrogens is 1. The molecule has 0 aromatic carbocycles. The van der Waals surface area contributed by atoms with Crippen LogP contribution in [-0.4, -0.2) is 29.6 Å². The molecule has 1 aromatic heterocycles. The second-order valence-electron chi connectivity index (χ2n) is 3.33. The molecule has 0 saturated carbocycles. The van der Waals surface area contributed by atoms with E-state index in [1.165, 1.54) is 12.5 Å². The molecule has 0 aliphatic heterocycles. The summed E-state index contributed by atoms with van der Waals surface area (Å²) < 4.78 is 0. The molecule has 19 heavy (non-hydrogen) atoms. The number of pyridine rings is 1. The van der Waals surface area contributed by atoms with E-state index in [1.54, 1.807) is 18.2 Å². The number of hydrogen-bond donors (Lipinski definition) is 2. The number of rotatable bonds is 6. The molecule has 1 heterocycles. The largest absolute Gasteiger partial charge is 0.345 e. The van der Waals surface area contributed by atoms with Crippen molar-refractivity contribution in [1.82, 2.24) is 15.6 Å². The summed E-state index contributed by atoms with van der Waals surface area (Å²) in [5.41, 5.74) is 0.636. The lowest BCUT2D eigenvalue weighted by Gasteiger charge is -2.07. The number of amides is 2. The summed E-state index contributed by atoms with van der Waals surface area (Å²) in [5, 5.41) is 4.75. The highest BCUT2D eigenvalue weighted by atomic mass is 16.2. The molecule has 0 bridgehead atoms. The van der Waals surface area contributed by atoms with Gasteiger partial charge in [0.1, 0.15) is 0 Å². The molecule has 0 spiro atoms. The summed E-state index contributed by atoms with van der Waals surface area (Å²) in [6, 6.07) is 5.06. The highest BCUT2D eigenvalue weighted by Crippen LogP contribution is 2.07. The van der Waals surface area contributed by atoms with Crippen LogP contribution in [-0.2, 0) is 14.4 Å². The van der Waals surface area contributed by atoms with Crippen LogP contribution >= 0.6 is 0 Å². The fourth-order valence-electron chi connectivity index (χ4n) is 1.19. The zero-order valence-electron chi connectivity index (χ0n) is 10.1. The maximum atomic E-state index is 11.5. The minimum absolute atomic E-state index is 0.217. The molecule has 0 unspecified atom stereocenters. The smallest absolute Gasteiger partial charge is 0.247 e. The second-order valence-corrected chi connectivity index (χ2v) is 3.33. The number of hydrogen-bond acceptors (Lipinski definition) is 4. The molecule has 0 saturated heterocycles. The predicted octanol–water partition coefficient (Wildman–Crippen LogP) is -0.0494. The van der Waals surface area contributed by atoms with E-state index in [0.717, 1.165) is 12.2 Å². The average Bonchev–Trinajstić information content (AvgIpc) is 2.45. The summed E-state index contributed by atoms with van der Waals surface area (Å²) >= 11 is 0. The van der Waals surface area contributed by atoms with Gasteiger partial charge in [0, 0.05) is 12.3 Å². The first kappa shape index (κ1) is 14.3. The highest BCUT2D eigenvalue weighted by molar-refractivity contribution is 6.00. The molecule has 2 amide bonds. The molecule has 0 aliphatic rings. The van der Waals surface area contributed by atoms with Gasteiger partial charge >= 0.3 is 0 Å². The summed E-state index contributed by atoms with van der Waals surface area (Å²) in [5.74, 6) is -1.000. The van der Waals surface area contributed by atoms with Crippen molar-refractivity contribution in [2.24, 2.45) is 0 Å². The van der Waals surface area contributed by atoms with Gasteiger partial charge in [-0.3, -0.25) is 19.4 Å². The van der Waals surface area contributed by atoms with Crippen molar-refractivity contribution in [3.8, 4) is 0 Å².